The number of nitrogens with zero attached hydrogens (tertiary/aromatic N) is 2. The van der Waals surface area contributed by atoms with Crippen LogP contribution in [0.3, 0.4) is 0 Å². The monoisotopic (exact) mass is 288 g/mol. The lowest BCUT2D eigenvalue weighted by Crippen LogP contribution is -2.14. The molecule has 0 aliphatic carbocycles. The van der Waals surface area contributed by atoms with Gasteiger partial charge in [0.2, 0.25) is 0 Å². The van der Waals surface area contributed by atoms with Gasteiger partial charge in [-0.05, 0) is 63.3 Å². The summed E-state index contributed by atoms with van der Waals surface area (Å²) in [6, 6.07) is 14.3. The average molecular weight is 289 g/mol. The molecule has 0 bridgehead atoms. The van der Waals surface area contributed by atoms with E-state index >= 15 is 0 Å². The minimum atomic E-state index is 0.341. The third-order valence-electron chi connectivity index (χ3n) is 3.42. The Morgan fingerprint density at radius 3 is 2.45 bits per heavy atom. The first-order valence-corrected chi connectivity index (χ1v) is 7.36. The number of pyridine rings is 1. The van der Waals surface area contributed by atoms with E-state index < -0.39 is 0 Å². The number of hydrogen-bond acceptors (Lipinski definition) is 2. The summed E-state index contributed by atoms with van der Waals surface area (Å²) in [5, 5.41) is 0.779. The molecule has 0 amide bonds. The van der Waals surface area contributed by atoms with E-state index in [1.54, 1.807) is 0 Å². The van der Waals surface area contributed by atoms with Gasteiger partial charge in [0, 0.05) is 22.8 Å². The number of benzene rings is 1. The number of halogens is 1. The van der Waals surface area contributed by atoms with Gasteiger partial charge in [0.1, 0.15) is 0 Å². The van der Waals surface area contributed by atoms with E-state index in [4.69, 9.17) is 11.6 Å². The SMILES string of the molecule is CN(C)CCC[C@@H](c1ccc(Cl)cc1)c1ccccn1. The Bertz CT molecular complexity index is 508. The first kappa shape index (κ1) is 15.0. The summed E-state index contributed by atoms with van der Waals surface area (Å²) in [5.41, 5.74) is 2.42. The molecule has 0 fully saturated rings. The van der Waals surface area contributed by atoms with Crippen LogP contribution in [0.4, 0.5) is 0 Å². The second-order valence-electron chi connectivity index (χ2n) is 5.30. The first-order valence-electron chi connectivity index (χ1n) is 6.98. The van der Waals surface area contributed by atoms with Crippen LogP contribution < -0.4 is 0 Å². The molecule has 0 unspecified atom stereocenters. The van der Waals surface area contributed by atoms with Gasteiger partial charge in [-0.25, -0.2) is 0 Å². The van der Waals surface area contributed by atoms with Crippen molar-refractivity contribution in [3.63, 3.8) is 0 Å². The molecule has 20 heavy (non-hydrogen) atoms. The molecule has 1 aromatic carbocycles. The van der Waals surface area contributed by atoms with Gasteiger partial charge in [-0.1, -0.05) is 29.8 Å². The highest BCUT2D eigenvalue weighted by Crippen LogP contribution is 2.28. The molecule has 2 nitrogen and oxygen atoms in total. The molecule has 0 radical (unpaired) electrons. The molecular formula is C17H21ClN2. The third-order valence-corrected chi connectivity index (χ3v) is 3.67. The molecule has 0 aliphatic heterocycles. The van der Waals surface area contributed by atoms with Crippen LogP contribution in [-0.2, 0) is 0 Å². The van der Waals surface area contributed by atoms with E-state index in [0.29, 0.717) is 5.92 Å². The summed E-state index contributed by atoms with van der Waals surface area (Å²) in [4.78, 5) is 6.75. The molecule has 1 atom stereocenters. The molecule has 1 aromatic heterocycles. The van der Waals surface area contributed by atoms with Crippen molar-refractivity contribution in [2.45, 2.75) is 18.8 Å². The maximum absolute atomic E-state index is 5.99. The molecule has 0 N–H and O–H groups in total. The molecular weight excluding hydrogens is 268 g/mol. The zero-order valence-electron chi connectivity index (χ0n) is 12.1. The maximum Gasteiger partial charge on any atom is 0.0478 e. The van der Waals surface area contributed by atoms with Crippen molar-refractivity contribution in [1.29, 1.82) is 0 Å². The zero-order chi connectivity index (χ0) is 14.4. The molecule has 2 rings (SSSR count). The van der Waals surface area contributed by atoms with Gasteiger partial charge < -0.3 is 4.90 Å². The zero-order valence-corrected chi connectivity index (χ0v) is 12.8. The van der Waals surface area contributed by atoms with Crippen LogP contribution in [0.5, 0.6) is 0 Å². The average Bonchev–Trinajstić information content (AvgIpc) is 2.46. The molecule has 2 aromatic rings. The lowest BCUT2D eigenvalue weighted by molar-refractivity contribution is 0.389. The highest BCUT2D eigenvalue weighted by atomic mass is 35.5. The van der Waals surface area contributed by atoms with Gasteiger partial charge in [-0.3, -0.25) is 4.98 Å². The fraction of sp³-hybridized carbons (Fsp3) is 0.353. The summed E-state index contributed by atoms with van der Waals surface area (Å²) < 4.78 is 0. The topological polar surface area (TPSA) is 16.1 Å². The normalized spacial score (nSPS) is 12.6. The lowest BCUT2D eigenvalue weighted by Gasteiger charge is -2.18. The van der Waals surface area contributed by atoms with Crippen molar-refractivity contribution in [2.75, 3.05) is 20.6 Å². The Kier molecular flexibility index (Phi) is 5.57. The second-order valence-corrected chi connectivity index (χ2v) is 5.74. The van der Waals surface area contributed by atoms with E-state index in [0.717, 1.165) is 30.1 Å². The molecule has 106 valence electrons. The summed E-state index contributed by atoms with van der Waals surface area (Å²) >= 11 is 5.99. The fourth-order valence-corrected chi connectivity index (χ4v) is 2.50. The summed E-state index contributed by atoms with van der Waals surface area (Å²) in [5.74, 6) is 0.341. The van der Waals surface area contributed by atoms with Crippen LogP contribution in [0.25, 0.3) is 0 Å². The van der Waals surface area contributed by atoms with E-state index in [-0.39, 0.29) is 0 Å². The summed E-state index contributed by atoms with van der Waals surface area (Å²) in [6.07, 6.45) is 4.11. The fourth-order valence-electron chi connectivity index (χ4n) is 2.37. The van der Waals surface area contributed by atoms with Crippen LogP contribution in [0.2, 0.25) is 5.02 Å². The quantitative estimate of drug-likeness (QED) is 0.791. The van der Waals surface area contributed by atoms with E-state index in [1.807, 2.05) is 24.4 Å². The summed E-state index contributed by atoms with van der Waals surface area (Å²) in [7, 11) is 4.22. The molecule has 0 saturated heterocycles. The van der Waals surface area contributed by atoms with Crippen molar-refractivity contribution in [3.8, 4) is 0 Å². The smallest absolute Gasteiger partial charge is 0.0478 e. The van der Waals surface area contributed by atoms with E-state index in [2.05, 4.69) is 48.2 Å². The Morgan fingerprint density at radius 2 is 1.85 bits per heavy atom. The highest BCUT2D eigenvalue weighted by molar-refractivity contribution is 6.30. The van der Waals surface area contributed by atoms with Crippen LogP contribution in [0.15, 0.2) is 48.7 Å². The van der Waals surface area contributed by atoms with Crippen molar-refractivity contribution < 1.29 is 0 Å². The van der Waals surface area contributed by atoms with Crippen LogP contribution in [-0.4, -0.2) is 30.5 Å². The number of hydrogen-bond donors (Lipinski definition) is 0. The molecule has 1 heterocycles. The van der Waals surface area contributed by atoms with Crippen molar-refractivity contribution >= 4 is 11.6 Å². The van der Waals surface area contributed by atoms with Gasteiger partial charge >= 0.3 is 0 Å². The molecule has 3 heteroatoms. The van der Waals surface area contributed by atoms with Gasteiger partial charge in [-0.15, -0.1) is 0 Å². The second kappa shape index (κ2) is 7.41. The number of rotatable bonds is 6. The van der Waals surface area contributed by atoms with E-state index in [9.17, 15) is 0 Å². The Hall–Kier alpha value is -1.38. The van der Waals surface area contributed by atoms with Gasteiger partial charge in [0.05, 0.1) is 0 Å². The van der Waals surface area contributed by atoms with Crippen LogP contribution >= 0.6 is 11.6 Å². The minimum Gasteiger partial charge on any atom is -0.309 e. The Morgan fingerprint density at radius 1 is 1.10 bits per heavy atom. The van der Waals surface area contributed by atoms with Gasteiger partial charge in [-0.2, -0.15) is 0 Å². The number of aromatic nitrogens is 1. The van der Waals surface area contributed by atoms with Crippen molar-refractivity contribution in [1.82, 2.24) is 9.88 Å². The standard InChI is InChI=1S/C17H21ClN2/c1-20(2)13-5-6-16(17-7-3-4-12-19-17)14-8-10-15(18)11-9-14/h3-4,7-12,16H,5-6,13H2,1-2H3/t16-/m0/s1. The van der Waals surface area contributed by atoms with Gasteiger partial charge in [0.25, 0.3) is 0 Å². The third kappa shape index (κ3) is 4.32. The Labute approximate surface area is 126 Å². The Balaban J connectivity index is 2.18. The minimum absolute atomic E-state index is 0.341. The predicted molar refractivity (Wildman–Crippen MR) is 85.3 cm³/mol. The van der Waals surface area contributed by atoms with Crippen molar-refractivity contribution in [2.24, 2.45) is 0 Å². The predicted octanol–water partition coefficient (Wildman–Crippen LogP) is 4.21. The summed E-state index contributed by atoms with van der Waals surface area (Å²) in [6.45, 7) is 1.09. The van der Waals surface area contributed by atoms with Gasteiger partial charge in [0.15, 0.2) is 0 Å². The highest BCUT2D eigenvalue weighted by Gasteiger charge is 2.15. The van der Waals surface area contributed by atoms with Crippen molar-refractivity contribution in [3.05, 3.63) is 64.9 Å². The lowest BCUT2D eigenvalue weighted by atomic mass is 9.90. The molecule has 0 saturated carbocycles. The molecule has 0 spiro atoms. The largest absolute Gasteiger partial charge is 0.309 e. The first-order chi connectivity index (χ1) is 9.66. The van der Waals surface area contributed by atoms with Crippen LogP contribution in [0.1, 0.15) is 30.0 Å². The maximum atomic E-state index is 5.99. The van der Waals surface area contributed by atoms with Crippen LogP contribution in [0, 0.1) is 0 Å². The van der Waals surface area contributed by atoms with E-state index in [1.165, 1.54) is 5.56 Å². The molecule has 0 aliphatic rings.